The molecule has 5 rings (SSSR count). The third-order valence-corrected chi connectivity index (χ3v) is 7.17. The van der Waals surface area contributed by atoms with Gasteiger partial charge in [0.25, 0.3) is 15.9 Å². The van der Waals surface area contributed by atoms with Gasteiger partial charge in [0.15, 0.2) is 0 Å². The van der Waals surface area contributed by atoms with Crippen molar-refractivity contribution in [3.63, 3.8) is 0 Å². The lowest BCUT2D eigenvalue weighted by molar-refractivity contribution is 0.0734. The fourth-order valence-corrected chi connectivity index (χ4v) is 5.25. The lowest BCUT2D eigenvalue weighted by Gasteiger charge is -2.23. The van der Waals surface area contributed by atoms with E-state index in [1.165, 1.54) is 85.6 Å². The number of esters is 1. The van der Waals surface area contributed by atoms with Crippen LogP contribution < -0.4 is 9.04 Å². The molecule has 1 amide bonds. The number of pyridine rings is 3. The van der Waals surface area contributed by atoms with Gasteiger partial charge in [-0.25, -0.2) is 13.2 Å². The Balaban J connectivity index is 1.56. The molecule has 2 aromatic carbocycles. The van der Waals surface area contributed by atoms with Gasteiger partial charge >= 0.3 is 5.97 Å². The molecule has 0 radical (unpaired) electrons. The summed E-state index contributed by atoms with van der Waals surface area (Å²) in [5.74, 6) is -1.21. The molecule has 10 heteroatoms. The minimum Gasteiger partial charge on any atom is -0.423 e. The molecule has 0 saturated carbocycles. The maximum absolute atomic E-state index is 14.0. The fourth-order valence-electron chi connectivity index (χ4n) is 3.66. The van der Waals surface area contributed by atoms with Crippen molar-refractivity contribution in [3.8, 4) is 5.75 Å². The maximum Gasteiger partial charge on any atom is 0.343 e. The van der Waals surface area contributed by atoms with E-state index in [-0.39, 0.29) is 27.4 Å². The fraction of sp³-hybridized carbons (Fsp3) is 0. The minimum absolute atomic E-state index is 0.0541. The number of hydrogen-bond acceptors (Lipinski definition) is 8. The molecule has 0 fully saturated rings. The number of hydrogen-bond donors (Lipinski definition) is 0. The van der Waals surface area contributed by atoms with Gasteiger partial charge in [-0.05, 0) is 60.7 Å². The highest BCUT2D eigenvalue weighted by atomic mass is 32.2. The number of para-hydroxylation sites is 1. The molecule has 5 aromatic rings. The Morgan fingerprint density at radius 1 is 0.703 bits per heavy atom. The average Bonchev–Trinajstić information content (AvgIpc) is 2.94. The van der Waals surface area contributed by atoms with Crippen LogP contribution in [-0.2, 0) is 10.0 Å². The van der Waals surface area contributed by atoms with E-state index < -0.39 is 21.9 Å². The highest BCUT2D eigenvalue weighted by molar-refractivity contribution is 7.93. The molecule has 37 heavy (non-hydrogen) atoms. The smallest absolute Gasteiger partial charge is 0.343 e. The van der Waals surface area contributed by atoms with Gasteiger partial charge in [0.2, 0.25) is 0 Å². The van der Waals surface area contributed by atoms with E-state index in [1.807, 2.05) is 0 Å². The summed E-state index contributed by atoms with van der Waals surface area (Å²) in [6.07, 6.45) is 7.23. The monoisotopic (exact) mass is 510 g/mol. The summed E-state index contributed by atoms with van der Waals surface area (Å²) in [6, 6.07) is 19.7. The largest absolute Gasteiger partial charge is 0.423 e. The van der Waals surface area contributed by atoms with Crippen LogP contribution in [0.4, 0.5) is 5.69 Å². The molecule has 3 aromatic heterocycles. The zero-order valence-corrected chi connectivity index (χ0v) is 19.9. The quantitative estimate of drug-likeness (QED) is 0.245. The van der Waals surface area contributed by atoms with Crippen LogP contribution in [0, 0.1) is 0 Å². The number of benzene rings is 2. The van der Waals surface area contributed by atoms with E-state index in [4.69, 9.17) is 4.74 Å². The summed E-state index contributed by atoms with van der Waals surface area (Å²) in [6.45, 7) is 0. The number of sulfonamides is 1. The molecule has 182 valence electrons. The van der Waals surface area contributed by atoms with Gasteiger partial charge < -0.3 is 4.74 Å². The summed E-state index contributed by atoms with van der Waals surface area (Å²) in [5, 5.41) is 0.609. The number of carbonyl (C=O) groups is 2. The number of fused-ring (bicyclic) bond motifs is 1. The number of anilines is 1. The van der Waals surface area contributed by atoms with Gasteiger partial charge in [0.05, 0.1) is 16.8 Å². The Hall–Kier alpha value is -4.96. The number of rotatable bonds is 6. The van der Waals surface area contributed by atoms with E-state index in [9.17, 15) is 18.0 Å². The van der Waals surface area contributed by atoms with Gasteiger partial charge in [-0.1, -0.05) is 18.2 Å². The predicted molar refractivity (Wildman–Crippen MR) is 136 cm³/mol. The number of amides is 1. The van der Waals surface area contributed by atoms with Gasteiger partial charge in [0, 0.05) is 41.9 Å². The molecule has 0 atom stereocenters. The Labute approximate surface area is 212 Å². The molecule has 0 aliphatic rings. The standard InChI is InChI=1S/C27H18N4O5S/c32-26(20-10-15-28-16-11-20)31(37(34,35)24-5-1-3-19-4-2-14-30-25(19)24)22-6-8-23(9-7-22)36-27(33)21-12-17-29-18-13-21/h1-18H. The van der Waals surface area contributed by atoms with Gasteiger partial charge in [-0.15, -0.1) is 0 Å². The first kappa shape index (κ1) is 23.8. The Bertz CT molecular complexity index is 1690. The summed E-state index contributed by atoms with van der Waals surface area (Å²) in [5.41, 5.74) is 0.721. The third-order valence-electron chi connectivity index (χ3n) is 5.42. The zero-order valence-electron chi connectivity index (χ0n) is 19.1. The number of nitrogens with zero attached hydrogens (tertiary/aromatic N) is 4. The van der Waals surface area contributed by atoms with Crippen molar-refractivity contribution in [2.75, 3.05) is 4.31 Å². The van der Waals surface area contributed by atoms with Crippen molar-refractivity contribution in [1.29, 1.82) is 0 Å². The second kappa shape index (κ2) is 9.96. The topological polar surface area (TPSA) is 119 Å². The van der Waals surface area contributed by atoms with Gasteiger partial charge in [0.1, 0.15) is 10.6 Å². The Kier molecular flexibility index (Phi) is 6.40. The second-order valence-electron chi connectivity index (χ2n) is 7.76. The molecular weight excluding hydrogens is 492 g/mol. The first-order valence-corrected chi connectivity index (χ1v) is 12.4. The normalized spacial score (nSPS) is 11.1. The molecule has 0 aliphatic heterocycles. The van der Waals surface area contributed by atoms with Gasteiger partial charge in [-0.3, -0.25) is 19.7 Å². The van der Waals surface area contributed by atoms with Crippen molar-refractivity contribution in [2.45, 2.75) is 4.90 Å². The summed E-state index contributed by atoms with van der Waals surface area (Å²) in [4.78, 5) is 37.8. The second-order valence-corrected chi connectivity index (χ2v) is 9.52. The van der Waals surface area contributed by atoms with Crippen molar-refractivity contribution >= 4 is 38.5 Å². The first-order valence-electron chi connectivity index (χ1n) is 11.0. The van der Waals surface area contributed by atoms with E-state index >= 15 is 0 Å². The highest BCUT2D eigenvalue weighted by Gasteiger charge is 2.33. The summed E-state index contributed by atoms with van der Waals surface area (Å²) in [7, 11) is -4.42. The van der Waals surface area contributed by atoms with E-state index in [2.05, 4.69) is 15.0 Å². The van der Waals surface area contributed by atoms with E-state index in [1.54, 1.807) is 24.3 Å². The zero-order chi connectivity index (χ0) is 25.8. The predicted octanol–water partition coefficient (Wildman–Crippen LogP) is 4.28. The summed E-state index contributed by atoms with van der Waals surface area (Å²) < 4.78 is 34.0. The van der Waals surface area contributed by atoms with Crippen molar-refractivity contribution in [2.24, 2.45) is 0 Å². The van der Waals surface area contributed by atoms with Crippen molar-refractivity contribution < 1.29 is 22.7 Å². The maximum atomic E-state index is 14.0. The van der Waals surface area contributed by atoms with E-state index in [0.717, 1.165) is 0 Å². The molecule has 0 aliphatic carbocycles. The lowest BCUT2D eigenvalue weighted by atomic mass is 10.2. The Morgan fingerprint density at radius 2 is 1.32 bits per heavy atom. The average molecular weight is 511 g/mol. The van der Waals surface area contributed by atoms with E-state index in [0.29, 0.717) is 15.3 Å². The molecule has 0 N–H and O–H groups in total. The van der Waals surface area contributed by atoms with Crippen LogP contribution in [-0.4, -0.2) is 35.2 Å². The lowest BCUT2D eigenvalue weighted by Crippen LogP contribution is -2.37. The van der Waals surface area contributed by atoms with Crippen molar-refractivity contribution in [3.05, 3.63) is 121 Å². The van der Waals surface area contributed by atoms with Crippen LogP contribution in [0.5, 0.6) is 5.75 Å². The molecule has 0 bridgehead atoms. The van der Waals surface area contributed by atoms with Crippen LogP contribution in [0.2, 0.25) is 0 Å². The summed E-state index contributed by atoms with van der Waals surface area (Å²) >= 11 is 0. The van der Waals surface area contributed by atoms with Crippen LogP contribution in [0.3, 0.4) is 0 Å². The molecule has 0 spiro atoms. The van der Waals surface area contributed by atoms with Crippen LogP contribution in [0.25, 0.3) is 10.9 Å². The number of ether oxygens (including phenoxy) is 1. The highest BCUT2D eigenvalue weighted by Crippen LogP contribution is 2.31. The number of aromatic nitrogens is 3. The molecule has 0 saturated heterocycles. The van der Waals surface area contributed by atoms with Crippen LogP contribution >= 0.6 is 0 Å². The Morgan fingerprint density at radius 3 is 2.00 bits per heavy atom. The molecule has 3 heterocycles. The number of carbonyl (C=O) groups excluding carboxylic acids is 2. The SMILES string of the molecule is O=C(Oc1ccc(N(C(=O)c2ccncc2)S(=O)(=O)c2cccc3cccnc23)cc1)c1ccncc1. The first-order chi connectivity index (χ1) is 17.9. The third kappa shape index (κ3) is 4.78. The minimum atomic E-state index is -4.42. The molecule has 9 nitrogen and oxygen atoms in total. The van der Waals surface area contributed by atoms with Crippen LogP contribution in [0.15, 0.2) is 115 Å². The van der Waals surface area contributed by atoms with Crippen molar-refractivity contribution in [1.82, 2.24) is 15.0 Å². The van der Waals surface area contributed by atoms with Gasteiger partial charge in [-0.2, -0.15) is 4.31 Å². The molecular formula is C27H18N4O5S. The molecule has 0 unspecified atom stereocenters. The van der Waals surface area contributed by atoms with Crippen LogP contribution in [0.1, 0.15) is 20.7 Å².